The van der Waals surface area contributed by atoms with Gasteiger partial charge in [-0.25, -0.2) is 4.63 Å². The van der Waals surface area contributed by atoms with Crippen molar-refractivity contribution in [2.24, 2.45) is 11.8 Å². The van der Waals surface area contributed by atoms with E-state index in [2.05, 4.69) is 21.3 Å². The molecule has 1 saturated heterocycles. The molecule has 1 aliphatic carbocycles. The number of nitrogens with two attached hydrogens (primary N) is 1. The van der Waals surface area contributed by atoms with Crippen LogP contribution in [0, 0.1) is 11.8 Å². The second-order valence-electron chi connectivity index (χ2n) is 6.17. The molecule has 4 rings (SSSR count). The van der Waals surface area contributed by atoms with Crippen LogP contribution in [0.1, 0.15) is 32.1 Å². The van der Waals surface area contributed by atoms with Crippen LogP contribution < -0.4 is 10.6 Å². The monoisotopic (exact) mass is 272 g/mol. The van der Waals surface area contributed by atoms with Crippen LogP contribution in [0.25, 0.3) is 11.0 Å². The molecule has 2 N–H and O–H groups in total. The number of nitrogens with zero attached hydrogens (tertiary/aromatic N) is 3. The van der Waals surface area contributed by atoms with Gasteiger partial charge >= 0.3 is 0 Å². The quantitative estimate of drug-likeness (QED) is 0.808. The average Bonchev–Trinajstić information content (AvgIpc) is 2.98. The van der Waals surface area contributed by atoms with E-state index < -0.39 is 0 Å². The Morgan fingerprint density at radius 3 is 2.75 bits per heavy atom. The van der Waals surface area contributed by atoms with Crippen molar-refractivity contribution in [1.29, 1.82) is 0 Å². The molecule has 0 spiro atoms. The van der Waals surface area contributed by atoms with E-state index in [1.807, 2.05) is 6.07 Å². The first-order valence-electron chi connectivity index (χ1n) is 7.58. The second kappa shape index (κ2) is 4.65. The topological polar surface area (TPSA) is 68.2 Å². The highest BCUT2D eigenvalue weighted by atomic mass is 16.6. The highest BCUT2D eigenvalue weighted by Gasteiger charge is 2.32. The van der Waals surface area contributed by atoms with E-state index in [0.29, 0.717) is 11.2 Å². The lowest BCUT2D eigenvalue weighted by molar-refractivity contribution is 0.202. The Bertz CT molecular complexity index is 623. The SMILES string of the molecule is Nc1ccc(N2CCC3CCCCC3C2)c2nonc12. The fourth-order valence-electron chi connectivity index (χ4n) is 3.95. The number of hydrogen-bond donors (Lipinski definition) is 1. The van der Waals surface area contributed by atoms with Crippen molar-refractivity contribution in [3.05, 3.63) is 12.1 Å². The van der Waals surface area contributed by atoms with Crippen LogP contribution in [0.5, 0.6) is 0 Å². The van der Waals surface area contributed by atoms with Gasteiger partial charge in [-0.1, -0.05) is 19.3 Å². The molecule has 1 aromatic carbocycles. The molecule has 1 saturated carbocycles. The highest BCUT2D eigenvalue weighted by molar-refractivity contribution is 5.95. The molecule has 0 bridgehead atoms. The highest BCUT2D eigenvalue weighted by Crippen LogP contribution is 2.39. The first-order chi connectivity index (χ1) is 9.83. The molecule has 0 radical (unpaired) electrons. The number of rotatable bonds is 1. The first-order valence-corrected chi connectivity index (χ1v) is 7.58. The third-order valence-electron chi connectivity index (χ3n) is 5.06. The molecule has 5 nitrogen and oxygen atoms in total. The molecule has 1 aromatic heterocycles. The van der Waals surface area contributed by atoms with Crippen LogP contribution >= 0.6 is 0 Å². The molecule has 1 aliphatic heterocycles. The summed E-state index contributed by atoms with van der Waals surface area (Å²) in [6.07, 6.45) is 6.89. The maximum Gasteiger partial charge on any atom is 0.160 e. The molecule has 0 amide bonds. The summed E-state index contributed by atoms with van der Waals surface area (Å²) in [6, 6.07) is 3.97. The van der Waals surface area contributed by atoms with E-state index in [4.69, 9.17) is 10.4 Å². The van der Waals surface area contributed by atoms with E-state index in [1.165, 1.54) is 32.1 Å². The number of benzene rings is 1. The van der Waals surface area contributed by atoms with E-state index in [-0.39, 0.29) is 0 Å². The Labute approximate surface area is 118 Å². The van der Waals surface area contributed by atoms with Gasteiger partial charge in [0.2, 0.25) is 0 Å². The van der Waals surface area contributed by atoms with Gasteiger partial charge in [-0.3, -0.25) is 0 Å². The summed E-state index contributed by atoms with van der Waals surface area (Å²) in [5.74, 6) is 1.77. The standard InChI is InChI=1S/C15H20N4O/c16-12-5-6-13(15-14(12)17-20-18-15)19-8-7-10-3-1-2-4-11(10)9-19/h5-6,10-11H,1-4,7-9,16H2. The van der Waals surface area contributed by atoms with Crippen LogP contribution in [-0.4, -0.2) is 23.4 Å². The minimum Gasteiger partial charge on any atom is -0.397 e. The normalized spacial score (nSPS) is 26.7. The van der Waals surface area contributed by atoms with Crippen LogP contribution in [0.3, 0.4) is 0 Å². The Kier molecular flexibility index (Phi) is 2.79. The van der Waals surface area contributed by atoms with E-state index >= 15 is 0 Å². The van der Waals surface area contributed by atoms with Gasteiger partial charge in [0.05, 0.1) is 11.4 Å². The lowest BCUT2D eigenvalue weighted by Gasteiger charge is -2.42. The molecule has 2 unspecified atom stereocenters. The third kappa shape index (κ3) is 1.84. The minimum atomic E-state index is 0.637. The Balaban J connectivity index is 1.66. The fraction of sp³-hybridized carbons (Fsp3) is 0.600. The van der Waals surface area contributed by atoms with Gasteiger partial charge in [-0.05, 0) is 47.1 Å². The molecule has 2 atom stereocenters. The molecule has 2 heterocycles. The smallest absolute Gasteiger partial charge is 0.160 e. The minimum absolute atomic E-state index is 0.637. The Morgan fingerprint density at radius 1 is 1.05 bits per heavy atom. The predicted octanol–water partition coefficient (Wildman–Crippen LogP) is 2.82. The fourth-order valence-corrected chi connectivity index (χ4v) is 3.95. The summed E-state index contributed by atoms with van der Waals surface area (Å²) >= 11 is 0. The summed E-state index contributed by atoms with van der Waals surface area (Å²) in [5.41, 5.74) is 9.18. The Morgan fingerprint density at radius 2 is 1.85 bits per heavy atom. The van der Waals surface area contributed by atoms with Crippen LogP contribution in [-0.2, 0) is 0 Å². The van der Waals surface area contributed by atoms with Crippen molar-refractivity contribution in [3.63, 3.8) is 0 Å². The molecule has 5 heteroatoms. The summed E-state index contributed by atoms with van der Waals surface area (Å²) in [6.45, 7) is 2.24. The van der Waals surface area contributed by atoms with Crippen molar-refractivity contribution in [2.75, 3.05) is 23.7 Å². The molecule has 2 aliphatic rings. The number of hydrogen-bond acceptors (Lipinski definition) is 5. The molecule has 2 aromatic rings. The zero-order chi connectivity index (χ0) is 13.5. The van der Waals surface area contributed by atoms with Gasteiger partial charge < -0.3 is 10.6 Å². The molecule has 106 valence electrons. The van der Waals surface area contributed by atoms with Crippen molar-refractivity contribution in [2.45, 2.75) is 32.1 Å². The average molecular weight is 272 g/mol. The van der Waals surface area contributed by atoms with E-state index in [9.17, 15) is 0 Å². The van der Waals surface area contributed by atoms with Crippen molar-refractivity contribution in [1.82, 2.24) is 10.3 Å². The van der Waals surface area contributed by atoms with Crippen LogP contribution in [0.4, 0.5) is 11.4 Å². The van der Waals surface area contributed by atoms with Crippen LogP contribution in [0.2, 0.25) is 0 Å². The second-order valence-corrected chi connectivity index (χ2v) is 6.17. The predicted molar refractivity (Wildman–Crippen MR) is 78.5 cm³/mol. The lowest BCUT2D eigenvalue weighted by atomic mass is 9.75. The maximum atomic E-state index is 5.92. The zero-order valence-electron chi connectivity index (χ0n) is 11.6. The van der Waals surface area contributed by atoms with Crippen molar-refractivity contribution in [3.8, 4) is 0 Å². The third-order valence-corrected chi connectivity index (χ3v) is 5.06. The zero-order valence-corrected chi connectivity index (χ0v) is 11.6. The van der Waals surface area contributed by atoms with Gasteiger partial charge in [0.1, 0.15) is 0 Å². The number of aromatic nitrogens is 2. The molecule has 2 fully saturated rings. The van der Waals surface area contributed by atoms with Gasteiger partial charge in [-0.2, -0.15) is 0 Å². The summed E-state index contributed by atoms with van der Waals surface area (Å²) in [5, 5.41) is 7.97. The molecular weight excluding hydrogens is 252 g/mol. The number of anilines is 2. The summed E-state index contributed by atoms with van der Waals surface area (Å²) < 4.78 is 4.88. The summed E-state index contributed by atoms with van der Waals surface area (Å²) in [4.78, 5) is 2.44. The van der Waals surface area contributed by atoms with Crippen molar-refractivity contribution >= 4 is 22.4 Å². The molecular formula is C15H20N4O. The van der Waals surface area contributed by atoms with Gasteiger partial charge in [0.15, 0.2) is 11.0 Å². The maximum absolute atomic E-state index is 5.92. The van der Waals surface area contributed by atoms with Gasteiger partial charge in [0, 0.05) is 13.1 Å². The summed E-state index contributed by atoms with van der Waals surface area (Å²) in [7, 11) is 0. The van der Waals surface area contributed by atoms with Crippen molar-refractivity contribution < 1.29 is 4.63 Å². The van der Waals surface area contributed by atoms with Gasteiger partial charge in [-0.15, -0.1) is 0 Å². The van der Waals surface area contributed by atoms with Crippen LogP contribution in [0.15, 0.2) is 16.8 Å². The lowest BCUT2D eigenvalue weighted by Crippen LogP contribution is -2.41. The largest absolute Gasteiger partial charge is 0.397 e. The van der Waals surface area contributed by atoms with E-state index in [1.54, 1.807) is 0 Å². The molecule has 20 heavy (non-hydrogen) atoms. The number of piperidine rings is 1. The van der Waals surface area contributed by atoms with E-state index in [0.717, 1.165) is 36.1 Å². The Hall–Kier alpha value is -1.78. The number of nitrogen functional groups attached to an aromatic ring is 1. The van der Waals surface area contributed by atoms with Gasteiger partial charge in [0.25, 0.3) is 0 Å². The first kappa shape index (κ1) is 12.0. The number of fused-ring (bicyclic) bond motifs is 2.